The van der Waals surface area contributed by atoms with Crippen molar-refractivity contribution in [2.45, 2.75) is 26.3 Å². The molecule has 2 amide bonds. The van der Waals surface area contributed by atoms with E-state index in [2.05, 4.69) is 28.7 Å². The molecule has 0 radical (unpaired) electrons. The molecule has 1 aromatic heterocycles. The maximum Gasteiger partial charge on any atom is 0.323 e. The summed E-state index contributed by atoms with van der Waals surface area (Å²) in [5.74, 6) is 0. The number of nitrogens with zero attached hydrogens (tertiary/aromatic N) is 3. The van der Waals surface area contributed by atoms with Crippen LogP contribution in [0.1, 0.15) is 18.9 Å². The molecule has 2 rings (SSSR count). The minimum atomic E-state index is -0.320. The van der Waals surface area contributed by atoms with E-state index in [1.54, 1.807) is 29.2 Å². The summed E-state index contributed by atoms with van der Waals surface area (Å²) >= 11 is 0. The number of nitrogens with one attached hydrogen (secondary N) is 2. The van der Waals surface area contributed by atoms with Gasteiger partial charge < -0.3 is 10.6 Å². The van der Waals surface area contributed by atoms with Crippen molar-refractivity contribution in [2.24, 2.45) is 0 Å². The van der Waals surface area contributed by atoms with Crippen LogP contribution in [0.15, 0.2) is 36.7 Å². The zero-order valence-electron chi connectivity index (χ0n) is 11.8. The van der Waals surface area contributed by atoms with E-state index < -0.39 is 0 Å². The summed E-state index contributed by atoms with van der Waals surface area (Å²) in [5.41, 5.74) is 2.25. The number of anilines is 2. The highest BCUT2D eigenvalue weighted by Gasteiger charge is 2.04. The molecule has 0 aliphatic carbocycles. The number of carbonyl (C=O) groups is 1. The van der Waals surface area contributed by atoms with Gasteiger partial charge in [-0.25, -0.2) is 4.79 Å². The monoisotopic (exact) mass is 283 g/mol. The zero-order chi connectivity index (χ0) is 15.1. The number of aromatic nitrogens is 2. The van der Waals surface area contributed by atoms with E-state index in [9.17, 15) is 4.79 Å². The summed E-state index contributed by atoms with van der Waals surface area (Å²) in [6.45, 7) is 2.89. The number of urea groups is 1. The fourth-order valence-corrected chi connectivity index (χ4v) is 1.87. The summed E-state index contributed by atoms with van der Waals surface area (Å²) < 4.78 is 1.78. The molecule has 0 spiro atoms. The van der Waals surface area contributed by atoms with Crippen LogP contribution < -0.4 is 10.6 Å². The van der Waals surface area contributed by atoms with Crippen LogP contribution in [0.3, 0.4) is 0 Å². The van der Waals surface area contributed by atoms with Gasteiger partial charge in [0.05, 0.1) is 24.4 Å². The van der Waals surface area contributed by atoms with Crippen LogP contribution in [0.2, 0.25) is 0 Å². The van der Waals surface area contributed by atoms with Gasteiger partial charge in [-0.05, 0) is 24.1 Å². The molecule has 6 heteroatoms. The van der Waals surface area contributed by atoms with Crippen LogP contribution in [-0.4, -0.2) is 15.8 Å². The van der Waals surface area contributed by atoms with Crippen LogP contribution in [0.5, 0.6) is 0 Å². The first-order valence-electron chi connectivity index (χ1n) is 6.77. The smallest absolute Gasteiger partial charge is 0.308 e. The van der Waals surface area contributed by atoms with E-state index in [1.807, 2.05) is 12.1 Å². The number of rotatable bonds is 5. The molecule has 21 heavy (non-hydrogen) atoms. The molecule has 1 aromatic carbocycles. The molecule has 0 unspecified atom stereocenters. The Labute approximate surface area is 123 Å². The van der Waals surface area contributed by atoms with Crippen molar-refractivity contribution in [2.75, 3.05) is 10.6 Å². The largest absolute Gasteiger partial charge is 0.323 e. The normalized spacial score (nSPS) is 9.90. The SMILES string of the molecule is CCCn1cc(NC(=O)Nc2ccc(CC#N)cc2)cn1. The standard InChI is InChI=1S/C15H17N5O/c1-2-9-20-11-14(10-17-20)19-15(21)18-13-5-3-12(4-6-13)7-8-16/h3-6,10-11H,2,7,9H2,1H3,(H2,18,19,21). The fourth-order valence-electron chi connectivity index (χ4n) is 1.87. The van der Waals surface area contributed by atoms with Gasteiger partial charge in [-0.15, -0.1) is 0 Å². The fraction of sp³-hybridized carbons (Fsp3) is 0.267. The van der Waals surface area contributed by atoms with Gasteiger partial charge >= 0.3 is 6.03 Å². The Bertz CT molecular complexity index is 639. The molecule has 2 aromatic rings. The van der Waals surface area contributed by atoms with Gasteiger partial charge in [-0.1, -0.05) is 19.1 Å². The second-order valence-electron chi connectivity index (χ2n) is 4.60. The molecule has 0 atom stereocenters. The zero-order valence-corrected chi connectivity index (χ0v) is 11.8. The van der Waals surface area contributed by atoms with E-state index >= 15 is 0 Å². The Hall–Kier alpha value is -2.81. The van der Waals surface area contributed by atoms with Gasteiger partial charge in [0, 0.05) is 18.4 Å². The second-order valence-corrected chi connectivity index (χ2v) is 4.60. The van der Waals surface area contributed by atoms with E-state index in [0.29, 0.717) is 17.8 Å². The molecule has 0 bridgehead atoms. The Morgan fingerprint density at radius 3 is 2.67 bits per heavy atom. The van der Waals surface area contributed by atoms with E-state index in [4.69, 9.17) is 5.26 Å². The lowest BCUT2D eigenvalue weighted by Crippen LogP contribution is -2.19. The third-order valence-corrected chi connectivity index (χ3v) is 2.84. The average Bonchev–Trinajstić information content (AvgIpc) is 2.89. The Morgan fingerprint density at radius 1 is 1.29 bits per heavy atom. The van der Waals surface area contributed by atoms with Crippen molar-refractivity contribution in [3.63, 3.8) is 0 Å². The second kappa shape index (κ2) is 7.10. The lowest BCUT2D eigenvalue weighted by atomic mass is 10.1. The van der Waals surface area contributed by atoms with E-state index in [-0.39, 0.29) is 6.03 Å². The molecule has 0 aliphatic rings. The van der Waals surface area contributed by atoms with Gasteiger partial charge in [0.15, 0.2) is 0 Å². The summed E-state index contributed by atoms with van der Waals surface area (Å²) in [7, 11) is 0. The molecular weight excluding hydrogens is 266 g/mol. The average molecular weight is 283 g/mol. The highest BCUT2D eigenvalue weighted by Crippen LogP contribution is 2.11. The predicted octanol–water partition coefficient (Wildman–Crippen LogP) is 3.00. The Kier molecular flexibility index (Phi) is 4.94. The third-order valence-electron chi connectivity index (χ3n) is 2.84. The number of benzene rings is 1. The van der Waals surface area contributed by atoms with Crippen molar-refractivity contribution >= 4 is 17.4 Å². The molecular formula is C15H17N5O. The molecule has 6 nitrogen and oxygen atoms in total. The first-order chi connectivity index (χ1) is 10.2. The van der Waals surface area contributed by atoms with E-state index in [1.165, 1.54) is 0 Å². The van der Waals surface area contributed by atoms with Gasteiger partial charge in [0.1, 0.15) is 0 Å². The van der Waals surface area contributed by atoms with Crippen molar-refractivity contribution in [1.29, 1.82) is 5.26 Å². The highest BCUT2D eigenvalue weighted by molar-refractivity contribution is 5.99. The molecule has 2 N–H and O–H groups in total. The molecule has 0 saturated carbocycles. The number of hydrogen-bond donors (Lipinski definition) is 2. The molecule has 0 saturated heterocycles. The number of amides is 2. The molecule has 0 aliphatic heterocycles. The number of nitriles is 1. The molecule has 1 heterocycles. The predicted molar refractivity (Wildman–Crippen MR) is 80.9 cm³/mol. The topological polar surface area (TPSA) is 82.7 Å². The lowest BCUT2D eigenvalue weighted by Gasteiger charge is -2.06. The van der Waals surface area contributed by atoms with Crippen LogP contribution in [0, 0.1) is 11.3 Å². The number of carbonyl (C=O) groups excluding carboxylic acids is 1. The van der Waals surface area contributed by atoms with Crippen LogP contribution in [0.4, 0.5) is 16.2 Å². The Morgan fingerprint density at radius 2 is 2.00 bits per heavy atom. The molecule has 0 fully saturated rings. The van der Waals surface area contributed by atoms with Gasteiger partial charge in [0.2, 0.25) is 0 Å². The van der Waals surface area contributed by atoms with Crippen LogP contribution in [0.25, 0.3) is 0 Å². The van der Waals surface area contributed by atoms with Crippen molar-refractivity contribution in [1.82, 2.24) is 9.78 Å². The van der Waals surface area contributed by atoms with Crippen molar-refractivity contribution in [3.8, 4) is 6.07 Å². The highest BCUT2D eigenvalue weighted by atomic mass is 16.2. The third kappa shape index (κ3) is 4.35. The summed E-state index contributed by atoms with van der Waals surface area (Å²) in [4.78, 5) is 11.8. The van der Waals surface area contributed by atoms with Gasteiger partial charge in [0.25, 0.3) is 0 Å². The molecule has 108 valence electrons. The lowest BCUT2D eigenvalue weighted by molar-refractivity contribution is 0.262. The minimum absolute atomic E-state index is 0.320. The first kappa shape index (κ1) is 14.6. The van der Waals surface area contributed by atoms with Gasteiger partial charge in [-0.3, -0.25) is 4.68 Å². The summed E-state index contributed by atoms with van der Waals surface area (Å²) in [5, 5.41) is 18.2. The number of aryl methyl sites for hydroxylation is 1. The maximum atomic E-state index is 11.8. The summed E-state index contributed by atoms with van der Waals surface area (Å²) in [6, 6.07) is 8.94. The quantitative estimate of drug-likeness (QED) is 0.884. The number of hydrogen-bond acceptors (Lipinski definition) is 3. The van der Waals surface area contributed by atoms with Gasteiger partial charge in [-0.2, -0.15) is 10.4 Å². The van der Waals surface area contributed by atoms with Crippen LogP contribution in [-0.2, 0) is 13.0 Å². The maximum absolute atomic E-state index is 11.8. The van der Waals surface area contributed by atoms with Crippen molar-refractivity contribution in [3.05, 3.63) is 42.2 Å². The van der Waals surface area contributed by atoms with Crippen LogP contribution >= 0.6 is 0 Å². The minimum Gasteiger partial charge on any atom is -0.308 e. The van der Waals surface area contributed by atoms with E-state index in [0.717, 1.165) is 18.5 Å². The first-order valence-corrected chi connectivity index (χ1v) is 6.77. The summed E-state index contributed by atoms with van der Waals surface area (Å²) in [6.07, 6.45) is 4.76. The Balaban J connectivity index is 1.90. The van der Waals surface area contributed by atoms with Crippen molar-refractivity contribution < 1.29 is 4.79 Å².